The molecule has 1 fully saturated rings. The van der Waals surface area contributed by atoms with Gasteiger partial charge in [-0.2, -0.15) is 0 Å². The third kappa shape index (κ3) is 4.38. The molecule has 2 heterocycles. The minimum atomic E-state index is -0.184. The topological polar surface area (TPSA) is 37.4 Å². The smallest absolute Gasteiger partial charge is 0.170 e. The Labute approximate surface area is 126 Å². The van der Waals surface area contributed by atoms with Crippen molar-refractivity contribution < 1.29 is 9.13 Å². The van der Waals surface area contributed by atoms with Gasteiger partial charge in [-0.1, -0.05) is 13.8 Å². The van der Waals surface area contributed by atoms with Gasteiger partial charge in [0.2, 0.25) is 0 Å². The zero-order chi connectivity index (χ0) is 15.2. The fourth-order valence-corrected chi connectivity index (χ4v) is 2.69. The third-order valence-electron chi connectivity index (χ3n) is 3.97. The summed E-state index contributed by atoms with van der Waals surface area (Å²) in [4.78, 5) is 6.31. The van der Waals surface area contributed by atoms with Crippen LogP contribution in [-0.2, 0) is 11.3 Å². The van der Waals surface area contributed by atoms with Crippen LogP contribution in [0.1, 0.15) is 32.3 Å². The van der Waals surface area contributed by atoms with E-state index >= 15 is 0 Å². The van der Waals surface area contributed by atoms with Crippen LogP contribution < -0.4 is 10.2 Å². The first-order valence-corrected chi connectivity index (χ1v) is 7.72. The van der Waals surface area contributed by atoms with Gasteiger partial charge in [-0.15, -0.1) is 0 Å². The van der Waals surface area contributed by atoms with E-state index in [0.717, 1.165) is 32.5 Å². The average molecular weight is 295 g/mol. The van der Waals surface area contributed by atoms with Crippen LogP contribution in [0.15, 0.2) is 12.3 Å². The van der Waals surface area contributed by atoms with Gasteiger partial charge in [0.05, 0.1) is 0 Å². The Balaban J connectivity index is 2.02. The quantitative estimate of drug-likeness (QED) is 0.875. The van der Waals surface area contributed by atoms with Gasteiger partial charge in [0.1, 0.15) is 0 Å². The van der Waals surface area contributed by atoms with Crippen molar-refractivity contribution in [3.63, 3.8) is 0 Å². The van der Waals surface area contributed by atoms with E-state index in [4.69, 9.17) is 4.74 Å². The van der Waals surface area contributed by atoms with E-state index in [9.17, 15) is 4.39 Å². The maximum atomic E-state index is 14.6. The molecule has 0 unspecified atom stereocenters. The minimum absolute atomic E-state index is 0.184. The maximum Gasteiger partial charge on any atom is 0.170 e. The summed E-state index contributed by atoms with van der Waals surface area (Å²) in [6, 6.07) is 2.09. The lowest BCUT2D eigenvalue weighted by atomic mass is 9.98. The van der Waals surface area contributed by atoms with E-state index in [1.54, 1.807) is 19.4 Å². The molecule has 4 nitrogen and oxygen atoms in total. The van der Waals surface area contributed by atoms with Crippen molar-refractivity contribution in [2.24, 2.45) is 5.92 Å². The summed E-state index contributed by atoms with van der Waals surface area (Å²) in [5.74, 6) is 0.893. The molecular weight excluding hydrogens is 269 g/mol. The van der Waals surface area contributed by atoms with Crippen LogP contribution in [-0.4, -0.2) is 37.8 Å². The van der Waals surface area contributed by atoms with Gasteiger partial charge in [-0.25, -0.2) is 9.37 Å². The van der Waals surface area contributed by atoms with Gasteiger partial charge in [0.25, 0.3) is 0 Å². The van der Waals surface area contributed by atoms with Crippen LogP contribution in [0, 0.1) is 11.7 Å². The highest BCUT2D eigenvalue weighted by Crippen LogP contribution is 2.25. The molecule has 0 spiro atoms. The van der Waals surface area contributed by atoms with Gasteiger partial charge in [-0.05, 0) is 24.8 Å². The van der Waals surface area contributed by atoms with Gasteiger partial charge in [0.15, 0.2) is 11.6 Å². The number of pyridine rings is 1. The predicted octanol–water partition coefficient (Wildman–Crippen LogP) is 2.58. The lowest BCUT2D eigenvalue weighted by Gasteiger charge is -2.32. The molecule has 0 aromatic carbocycles. The standard InChI is InChI=1S/C16H26FN3O/c1-12(2)19-10-14-4-7-18-16(15(14)17)20-8-5-13(6-9-20)11-21-3/h4,7,12-13,19H,5-6,8-11H2,1-3H3. The second-order valence-corrected chi connectivity index (χ2v) is 6.03. The summed E-state index contributed by atoms with van der Waals surface area (Å²) in [7, 11) is 1.73. The van der Waals surface area contributed by atoms with Gasteiger partial charge in [0, 0.05) is 51.2 Å². The zero-order valence-electron chi connectivity index (χ0n) is 13.2. The van der Waals surface area contributed by atoms with Crippen molar-refractivity contribution in [2.45, 2.75) is 39.3 Å². The van der Waals surface area contributed by atoms with E-state index in [1.165, 1.54) is 0 Å². The summed E-state index contributed by atoms with van der Waals surface area (Å²) in [6.45, 7) is 7.14. The molecule has 0 radical (unpaired) electrons. The summed E-state index contributed by atoms with van der Waals surface area (Å²) < 4.78 is 19.8. The molecule has 0 atom stereocenters. The number of hydrogen-bond donors (Lipinski definition) is 1. The first-order valence-electron chi connectivity index (χ1n) is 7.72. The Morgan fingerprint density at radius 3 is 2.76 bits per heavy atom. The lowest BCUT2D eigenvalue weighted by molar-refractivity contribution is 0.139. The monoisotopic (exact) mass is 295 g/mol. The fraction of sp³-hybridized carbons (Fsp3) is 0.688. The second kappa shape index (κ2) is 7.71. The molecular formula is C16H26FN3O. The largest absolute Gasteiger partial charge is 0.384 e. The lowest BCUT2D eigenvalue weighted by Crippen LogP contribution is -2.36. The van der Waals surface area contributed by atoms with E-state index in [0.29, 0.717) is 29.9 Å². The Bertz CT molecular complexity index is 445. The molecule has 2 rings (SSSR count). The number of ether oxygens (including phenoxy) is 1. The molecule has 1 saturated heterocycles. The minimum Gasteiger partial charge on any atom is -0.384 e. The number of nitrogens with one attached hydrogen (secondary N) is 1. The van der Waals surface area contributed by atoms with Crippen LogP contribution in [0.25, 0.3) is 0 Å². The maximum absolute atomic E-state index is 14.6. The Hall–Kier alpha value is -1.20. The predicted molar refractivity (Wildman–Crippen MR) is 83.0 cm³/mol. The van der Waals surface area contributed by atoms with Crippen molar-refractivity contribution in [3.8, 4) is 0 Å². The molecule has 0 saturated carbocycles. The molecule has 1 aromatic heterocycles. The Morgan fingerprint density at radius 2 is 2.14 bits per heavy atom. The molecule has 118 valence electrons. The number of halogens is 1. The van der Waals surface area contributed by atoms with E-state index in [2.05, 4.69) is 29.0 Å². The number of methoxy groups -OCH3 is 1. The highest BCUT2D eigenvalue weighted by atomic mass is 19.1. The number of hydrogen-bond acceptors (Lipinski definition) is 4. The second-order valence-electron chi connectivity index (χ2n) is 6.03. The number of anilines is 1. The molecule has 21 heavy (non-hydrogen) atoms. The number of piperidine rings is 1. The third-order valence-corrected chi connectivity index (χ3v) is 3.97. The summed E-state index contributed by atoms with van der Waals surface area (Å²) in [5.41, 5.74) is 0.688. The van der Waals surface area contributed by atoms with Crippen LogP contribution in [0.2, 0.25) is 0 Å². The normalized spacial score (nSPS) is 16.7. The van der Waals surface area contributed by atoms with Gasteiger partial charge < -0.3 is 15.0 Å². The molecule has 0 bridgehead atoms. The molecule has 1 aliphatic rings. The molecule has 1 N–H and O–H groups in total. The highest BCUT2D eigenvalue weighted by molar-refractivity contribution is 5.43. The summed E-state index contributed by atoms with van der Waals surface area (Å²) >= 11 is 0. The highest BCUT2D eigenvalue weighted by Gasteiger charge is 2.23. The van der Waals surface area contributed by atoms with Crippen LogP contribution >= 0.6 is 0 Å². The van der Waals surface area contributed by atoms with Crippen molar-refractivity contribution in [1.29, 1.82) is 0 Å². The average Bonchev–Trinajstić information content (AvgIpc) is 2.47. The Morgan fingerprint density at radius 1 is 1.43 bits per heavy atom. The summed E-state index contributed by atoms with van der Waals surface area (Å²) in [5, 5.41) is 3.25. The Kier molecular flexibility index (Phi) is 5.94. The van der Waals surface area contributed by atoms with E-state index in [-0.39, 0.29) is 5.82 Å². The molecule has 1 aliphatic heterocycles. The number of nitrogens with zero attached hydrogens (tertiary/aromatic N) is 2. The first-order chi connectivity index (χ1) is 10.1. The van der Waals surface area contributed by atoms with E-state index in [1.807, 2.05) is 0 Å². The van der Waals surface area contributed by atoms with Gasteiger partial charge >= 0.3 is 0 Å². The molecule has 0 amide bonds. The van der Waals surface area contributed by atoms with Gasteiger partial charge in [-0.3, -0.25) is 0 Å². The van der Waals surface area contributed by atoms with Crippen molar-refractivity contribution >= 4 is 5.82 Å². The van der Waals surface area contributed by atoms with Crippen LogP contribution in [0.3, 0.4) is 0 Å². The number of rotatable bonds is 6. The van der Waals surface area contributed by atoms with Crippen molar-refractivity contribution in [3.05, 3.63) is 23.6 Å². The fourth-order valence-electron chi connectivity index (χ4n) is 2.69. The van der Waals surface area contributed by atoms with Crippen molar-refractivity contribution in [1.82, 2.24) is 10.3 Å². The molecule has 0 aliphatic carbocycles. The van der Waals surface area contributed by atoms with Crippen LogP contribution in [0.5, 0.6) is 0 Å². The number of aromatic nitrogens is 1. The first kappa shape index (κ1) is 16.2. The molecule has 5 heteroatoms. The SMILES string of the molecule is COCC1CCN(c2nccc(CNC(C)C)c2F)CC1. The van der Waals surface area contributed by atoms with Crippen molar-refractivity contribution in [2.75, 3.05) is 31.7 Å². The van der Waals surface area contributed by atoms with Crippen LogP contribution in [0.4, 0.5) is 10.2 Å². The molecule has 1 aromatic rings. The summed E-state index contributed by atoms with van der Waals surface area (Å²) in [6.07, 6.45) is 3.77. The van der Waals surface area contributed by atoms with E-state index < -0.39 is 0 Å². The zero-order valence-corrected chi connectivity index (χ0v) is 13.2.